The maximum absolute atomic E-state index is 12.9. The molecular formula is C44H87NO4. The molecule has 0 amide bonds. The number of allylic oxidation sites excluding steroid dienone is 1. The van der Waals surface area contributed by atoms with E-state index in [9.17, 15) is 4.79 Å². The second-order valence-electron chi connectivity index (χ2n) is 18.4. The number of unbranched alkanes of at least 4 members (excludes halogenated alkanes) is 1. The summed E-state index contributed by atoms with van der Waals surface area (Å²) in [6.07, 6.45) is 18.6. The molecule has 0 saturated heterocycles. The molecule has 49 heavy (non-hydrogen) atoms. The Hall–Kier alpha value is -1.36. The van der Waals surface area contributed by atoms with Gasteiger partial charge in [0.2, 0.25) is 0 Å². The van der Waals surface area contributed by atoms with Crippen molar-refractivity contribution in [1.82, 2.24) is 0 Å². The zero-order valence-corrected chi connectivity index (χ0v) is 35.9. The minimum absolute atomic E-state index is 0.0115. The lowest BCUT2D eigenvalue weighted by Gasteiger charge is -2.62. The molecule has 0 aromatic heterocycles. The molecule has 292 valence electrons. The first kappa shape index (κ1) is 49.8. The minimum Gasteiger partial charge on any atom is -0.483 e. The van der Waals surface area contributed by atoms with Crippen LogP contribution in [0.25, 0.3) is 0 Å². The lowest BCUT2D eigenvalue weighted by atomic mass is 9.43. The highest BCUT2D eigenvalue weighted by atomic mass is 16.5. The molecule has 5 unspecified atom stereocenters. The number of carbonyl (C=O) groups excluding carboxylic acids is 1. The molecule has 3 aliphatic rings. The van der Waals surface area contributed by atoms with Crippen LogP contribution < -0.4 is 5.73 Å². The van der Waals surface area contributed by atoms with Crippen LogP contribution in [0, 0.1) is 44.3 Å². The van der Waals surface area contributed by atoms with Gasteiger partial charge in [0.15, 0.2) is 0 Å². The fraction of sp³-hybridized carbons (Fsp3) is 0.909. The number of hydrogen-bond acceptors (Lipinski definition) is 4. The summed E-state index contributed by atoms with van der Waals surface area (Å²) in [5, 5.41) is 6.89. The van der Waals surface area contributed by atoms with Gasteiger partial charge in [0.05, 0.1) is 6.42 Å². The number of carboxylic acid groups (broad SMARTS) is 1. The van der Waals surface area contributed by atoms with Gasteiger partial charge in [-0.1, -0.05) is 135 Å². The Kier molecular flexibility index (Phi) is 22.2. The van der Waals surface area contributed by atoms with Crippen LogP contribution in [0.4, 0.5) is 0 Å². The maximum Gasteiger partial charge on any atom is 0.306 e. The van der Waals surface area contributed by atoms with Gasteiger partial charge in [-0.25, -0.2) is 0 Å². The Bertz CT molecular complexity index is 949. The van der Waals surface area contributed by atoms with E-state index in [0.29, 0.717) is 28.6 Å². The van der Waals surface area contributed by atoms with Gasteiger partial charge >= 0.3 is 5.97 Å². The largest absolute Gasteiger partial charge is 0.483 e. The minimum atomic E-state index is -0.250. The van der Waals surface area contributed by atoms with E-state index >= 15 is 0 Å². The van der Waals surface area contributed by atoms with Gasteiger partial charge in [0, 0.05) is 5.41 Å². The van der Waals surface area contributed by atoms with Crippen molar-refractivity contribution in [3.05, 3.63) is 12.2 Å². The van der Waals surface area contributed by atoms with Crippen molar-refractivity contribution in [2.45, 2.75) is 206 Å². The van der Waals surface area contributed by atoms with Gasteiger partial charge < -0.3 is 15.6 Å². The van der Waals surface area contributed by atoms with Crippen LogP contribution in [0.5, 0.6) is 0 Å². The van der Waals surface area contributed by atoms with E-state index in [0.717, 1.165) is 18.8 Å². The van der Waals surface area contributed by atoms with Gasteiger partial charge in [0.25, 0.3) is 6.47 Å². The summed E-state index contributed by atoms with van der Waals surface area (Å²) in [6, 6.07) is 0. The monoisotopic (exact) mass is 694 g/mol. The molecule has 0 aromatic rings. The summed E-state index contributed by atoms with van der Waals surface area (Å²) in [5.41, 5.74) is 7.33. The van der Waals surface area contributed by atoms with Crippen molar-refractivity contribution in [2.75, 3.05) is 7.05 Å². The molecule has 5 nitrogen and oxygen atoms in total. The molecule has 0 bridgehead atoms. The molecule has 5 heteroatoms. The van der Waals surface area contributed by atoms with Crippen molar-refractivity contribution in [1.29, 1.82) is 0 Å². The zero-order valence-electron chi connectivity index (χ0n) is 35.9. The molecule has 3 saturated carbocycles. The Balaban J connectivity index is 0. The SMILES string of the molecule is C=C(C)C1(CCCC)CC[C@]2(C)C(CCCC2(C)CCC2C(C)(C)CCC(OC(=O)CC(C)(C)C)C2(C)C)C1.CC.CCC.CN.O=CO. The smallest absolute Gasteiger partial charge is 0.306 e. The topological polar surface area (TPSA) is 89.6 Å². The lowest BCUT2D eigenvalue weighted by Crippen LogP contribution is -2.53. The summed E-state index contributed by atoms with van der Waals surface area (Å²) >= 11 is 0. The highest BCUT2D eigenvalue weighted by Gasteiger charge is 2.57. The first-order chi connectivity index (χ1) is 22.6. The van der Waals surface area contributed by atoms with E-state index in [1.165, 1.54) is 89.7 Å². The molecule has 0 spiro atoms. The molecule has 3 aliphatic carbocycles. The van der Waals surface area contributed by atoms with E-state index in [1.54, 1.807) is 0 Å². The normalized spacial score (nSPS) is 31.2. The van der Waals surface area contributed by atoms with Crippen molar-refractivity contribution in [3.8, 4) is 0 Å². The number of esters is 1. The molecule has 0 heterocycles. The van der Waals surface area contributed by atoms with E-state index in [2.05, 4.69) is 102 Å². The molecular weight excluding hydrogens is 606 g/mol. The van der Waals surface area contributed by atoms with E-state index in [-0.39, 0.29) is 34.8 Å². The van der Waals surface area contributed by atoms with Crippen molar-refractivity contribution < 1.29 is 19.4 Å². The summed E-state index contributed by atoms with van der Waals surface area (Å²) in [7, 11) is 1.50. The Morgan fingerprint density at radius 3 is 1.94 bits per heavy atom. The van der Waals surface area contributed by atoms with Crippen molar-refractivity contribution >= 4 is 12.4 Å². The third-order valence-corrected chi connectivity index (χ3v) is 12.9. The van der Waals surface area contributed by atoms with Crippen molar-refractivity contribution in [2.24, 2.45) is 50.1 Å². The summed E-state index contributed by atoms with van der Waals surface area (Å²) in [6.45, 7) is 38.7. The van der Waals surface area contributed by atoms with E-state index < -0.39 is 0 Å². The number of nitrogens with two attached hydrogens (primary N) is 1. The van der Waals surface area contributed by atoms with Crippen LogP contribution in [0.1, 0.15) is 200 Å². The molecule has 0 aromatic carbocycles. The molecule has 0 radical (unpaired) electrons. The predicted octanol–water partition coefficient (Wildman–Crippen LogP) is 13.0. The zero-order chi connectivity index (χ0) is 38.9. The molecule has 3 fully saturated rings. The van der Waals surface area contributed by atoms with Gasteiger partial charge in [-0.05, 0) is 117 Å². The van der Waals surface area contributed by atoms with Crippen LogP contribution in [-0.4, -0.2) is 30.7 Å². The number of ether oxygens (including phenoxy) is 1. The summed E-state index contributed by atoms with van der Waals surface area (Å²) < 4.78 is 6.26. The average Bonchev–Trinajstić information content (AvgIpc) is 3.00. The fourth-order valence-corrected chi connectivity index (χ4v) is 9.85. The van der Waals surface area contributed by atoms with Crippen LogP contribution in [0.3, 0.4) is 0 Å². The highest BCUT2D eigenvalue weighted by molar-refractivity contribution is 5.70. The lowest BCUT2D eigenvalue weighted by molar-refractivity contribution is -0.173. The molecule has 3 rings (SSSR count). The Morgan fingerprint density at radius 2 is 1.47 bits per heavy atom. The quantitative estimate of drug-likeness (QED) is 0.142. The Labute approximate surface area is 306 Å². The number of hydrogen-bond donors (Lipinski definition) is 2. The van der Waals surface area contributed by atoms with E-state index in [4.69, 9.17) is 14.6 Å². The predicted molar refractivity (Wildman–Crippen MR) is 214 cm³/mol. The molecule has 0 aliphatic heterocycles. The summed E-state index contributed by atoms with van der Waals surface area (Å²) in [5.74, 6) is 1.35. The van der Waals surface area contributed by atoms with Crippen LogP contribution in [0.2, 0.25) is 0 Å². The first-order valence-corrected chi connectivity index (χ1v) is 20.2. The number of carbonyl (C=O) groups is 2. The first-order valence-electron chi connectivity index (χ1n) is 20.2. The van der Waals surface area contributed by atoms with Crippen molar-refractivity contribution in [3.63, 3.8) is 0 Å². The highest BCUT2D eigenvalue weighted by Crippen LogP contribution is 2.67. The van der Waals surface area contributed by atoms with Gasteiger partial charge in [-0.3, -0.25) is 9.59 Å². The molecule has 6 atom stereocenters. The van der Waals surface area contributed by atoms with Gasteiger partial charge in [-0.2, -0.15) is 0 Å². The van der Waals surface area contributed by atoms with Crippen LogP contribution >= 0.6 is 0 Å². The van der Waals surface area contributed by atoms with Crippen LogP contribution in [0.15, 0.2) is 12.2 Å². The van der Waals surface area contributed by atoms with Gasteiger partial charge in [-0.15, -0.1) is 0 Å². The maximum atomic E-state index is 12.9. The second kappa shape index (κ2) is 21.9. The third-order valence-electron chi connectivity index (χ3n) is 12.9. The fourth-order valence-electron chi connectivity index (χ4n) is 9.85. The van der Waals surface area contributed by atoms with Crippen LogP contribution in [-0.2, 0) is 14.3 Å². The average molecular weight is 694 g/mol. The number of fused-ring (bicyclic) bond motifs is 1. The summed E-state index contributed by atoms with van der Waals surface area (Å²) in [4.78, 5) is 21.2. The standard InChI is InChI=1S/C37H66O2.C3H8.C2H6.CH5N.CH2O2/c1-13-14-20-37(27(2)3)24-23-36(12)28(25-37)16-15-19-35(36,11)22-17-29-33(7,8)21-18-30(34(29,9)10)39-31(38)26-32(4,5)6;1-3-2;2*1-2;2-1-3/h28-30H,2,13-26H2,1,3-12H3;3H2,1-2H3;1-2H3;2H2,1H3;1H,(H,2,3)/t28?,29?,30?,35?,36-,37?;;;;/m1..../s1. The van der Waals surface area contributed by atoms with E-state index in [1.807, 2.05) is 13.8 Å². The molecule has 3 N–H and O–H groups in total. The number of rotatable bonds is 9. The third kappa shape index (κ3) is 13.6. The Morgan fingerprint density at radius 1 is 0.939 bits per heavy atom. The van der Waals surface area contributed by atoms with Gasteiger partial charge in [0.1, 0.15) is 6.10 Å². The second-order valence-corrected chi connectivity index (χ2v) is 18.4.